The first kappa shape index (κ1) is 13.8. The molecule has 22 heavy (non-hydrogen) atoms. The Morgan fingerprint density at radius 2 is 1.73 bits per heavy atom. The molecule has 0 unspecified atom stereocenters. The molecule has 0 atom stereocenters. The van der Waals surface area contributed by atoms with Gasteiger partial charge in [0.1, 0.15) is 11.3 Å². The van der Waals surface area contributed by atoms with Crippen LogP contribution in [0.15, 0.2) is 66.4 Å². The number of aliphatic imine (C=N–C) groups is 1. The molecule has 5 nitrogen and oxygen atoms in total. The van der Waals surface area contributed by atoms with E-state index in [4.69, 9.17) is 9.47 Å². The molecule has 1 amide bonds. The number of carbonyl (C=O) groups excluding carboxylic acids is 2. The fourth-order valence-corrected chi connectivity index (χ4v) is 2.11. The van der Waals surface area contributed by atoms with E-state index in [1.54, 1.807) is 48.5 Å². The van der Waals surface area contributed by atoms with Gasteiger partial charge in [-0.15, -0.1) is 0 Å². The Morgan fingerprint density at radius 1 is 1.05 bits per heavy atom. The Morgan fingerprint density at radius 3 is 2.50 bits per heavy atom. The maximum absolute atomic E-state index is 11.9. The van der Waals surface area contributed by atoms with E-state index in [-0.39, 0.29) is 23.1 Å². The van der Waals surface area contributed by atoms with E-state index in [0.717, 1.165) is 6.26 Å². The third-order valence-corrected chi connectivity index (χ3v) is 3.09. The van der Waals surface area contributed by atoms with Crippen LogP contribution in [0, 0.1) is 0 Å². The summed E-state index contributed by atoms with van der Waals surface area (Å²) in [5, 5.41) is 0. The van der Waals surface area contributed by atoms with Crippen molar-refractivity contribution in [2.75, 3.05) is 0 Å². The molecule has 0 spiro atoms. The summed E-state index contributed by atoms with van der Waals surface area (Å²) in [5.74, 6) is -0.530. The number of hydrogen-bond acceptors (Lipinski definition) is 4. The van der Waals surface area contributed by atoms with E-state index in [9.17, 15) is 9.59 Å². The minimum Gasteiger partial charge on any atom is -0.437 e. The summed E-state index contributed by atoms with van der Waals surface area (Å²) < 4.78 is 10.4. The number of esters is 1. The van der Waals surface area contributed by atoms with Gasteiger partial charge < -0.3 is 9.47 Å². The predicted molar refractivity (Wildman–Crippen MR) is 80.0 cm³/mol. The first-order valence-electron chi connectivity index (χ1n) is 6.52. The lowest BCUT2D eigenvalue weighted by molar-refractivity contribution is 0.0662. The van der Waals surface area contributed by atoms with E-state index >= 15 is 0 Å². The molecule has 3 rings (SSSR count). The molecule has 1 aliphatic rings. The van der Waals surface area contributed by atoms with Crippen LogP contribution in [0.2, 0.25) is 0 Å². The molecule has 0 bridgehead atoms. The average molecular weight is 293 g/mol. The lowest BCUT2D eigenvalue weighted by atomic mass is 10.1. The van der Waals surface area contributed by atoms with E-state index in [0.29, 0.717) is 11.1 Å². The number of hydrogen-bond donors (Lipinski definition) is 0. The second-order valence-corrected chi connectivity index (χ2v) is 4.44. The summed E-state index contributed by atoms with van der Waals surface area (Å²) in [7, 11) is 0. The maximum Gasteiger partial charge on any atom is 0.346 e. The van der Waals surface area contributed by atoms with Gasteiger partial charge in [-0.1, -0.05) is 30.8 Å². The predicted octanol–water partition coefficient (Wildman–Crippen LogP) is 2.97. The number of nitrogens with zero attached hydrogens (tertiary/aromatic N) is 1. The Bertz CT molecular complexity index is 808. The highest BCUT2D eigenvalue weighted by atomic mass is 16.5. The van der Waals surface area contributed by atoms with Crippen LogP contribution in [0.4, 0.5) is 0 Å². The van der Waals surface area contributed by atoms with Crippen molar-refractivity contribution < 1.29 is 19.1 Å². The van der Waals surface area contributed by atoms with Gasteiger partial charge in [0.2, 0.25) is 5.90 Å². The Hall–Kier alpha value is -3.21. The molecule has 5 heteroatoms. The van der Waals surface area contributed by atoms with Crippen molar-refractivity contribution in [3.05, 3.63) is 78.1 Å². The molecule has 2 aromatic rings. The Labute approximate surface area is 126 Å². The minimum atomic E-state index is -0.594. The molecule has 2 aromatic carbocycles. The molecular weight excluding hydrogens is 282 g/mol. The topological polar surface area (TPSA) is 65.0 Å². The maximum atomic E-state index is 11.9. The zero-order valence-corrected chi connectivity index (χ0v) is 11.5. The summed E-state index contributed by atoms with van der Waals surface area (Å²) in [6, 6.07) is 13.5. The normalized spacial score (nSPS) is 12.4. The summed E-state index contributed by atoms with van der Waals surface area (Å²) in [5.41, 5.74) is 1.30. The van der Waals surface area contributed by atoms with E-state index in [1.165, 1.54) is 0 Å². The fraction of sp³-hybridized carbons (Fsp3) is 0. The SMILES string of the molecule is C=COC(=O)c1ccccc1OC1=NC(=O)c2ccccc21. The van der Waals surface area contributed by atoms with Gasteiger partial charge in [-0.3, -0.25) is 4.79 Å². The summed E-state index contributed by atoms with van der Waals surface area (Å²) >= 11 is 0. The van der Waals surface area contributed by atoms with Crippen molar-refractivity contribution in [3.8, 4) is 5.75 Å². The van der Waals surface area contributed by atoms with Gasteiger partial charge in [-0.25, -0.2) is 4.79 Å². The van der Waals surface area contributed by atoms with Gasteiger partial charge in [0.05, 0.1) is 17.4 Å². The van der Waals surface area contributed by atoms with E-state index in [2.05, 4.69) is 11.6 Å². The van der Waals surface area contributed by atoms with Crippen LogP contribution in [0.5, 0.6) is 5.75 Å². The zero-order valence-electron chi connectivity index (χ0n) is 11.5. The van der Waals surface area contributed by atoms with E-state index < -0.39 is 5.97 Å². The van der Waals surface area contributed by atoms with E-state index in [1.807, 2.05) is 0 Å². The standard InChI is InChI=1S/C17H11NO4/c1-2-21-17(20)13-9-5-6-10-14(13)22-16-12-8-4-3-7-11(12)15(19)18-16/h2-10H,1H2. The monoisotopic (exact) mass is 293 g/mol. The molecule has 0 N–H and O–H groups in total. The van der Waals surface area contributed by atoms with Crippen LogP contribution in [0.3, 0.4) is 0 Å². The highest BCUT2D eigenvalue weighted by Gasteiger charge is 2.25. The summed E-state index contributed by atoms with van der Waals surface area (Å²) in [6.45, 7) is 3.35. The first-order chi connectivity index (χ1) is 10.7. The van der Waals surface area contributed by atoms with Crippen LogP contribution in [-0.2, 0) is 4.74 Å². The molecule has 1 aliphatic heterocycles. The molecule has 1 heterocycles. The third kappa shape index (κ3) is 2.40. The van der Waals surface area contributed by atoms with Crippen molar-refractivity contribution in [3.63, 3.8) is 0 Å². The molecule has 0 aliphatic carbocycles. The zero-order chi connectivity index (χ0) is 15.5. The van der Waals surface area contributed by atoms with Gasteiger partial charge in [-0.05, 0) is 24.3 Å². The number of benzene rings is 2. The molecule has 0 fully saturated rings. The van der Waals surface area contributed by atoms with Crippen LogP contribution < -0.4 is 4.74 Å². The molecule has 0 saturated carbocycles. The third-order valence-electron chi connectivity index (χ3n) is 3.09. The smallest absolute Gasteiger partial charge is 0.346 e. The molecule has 0 radical (unpaired) electrons. The van der Waals surface area contributed by atoms with Crippen molar-refractivity contribution in [2.24, 2.45) is 4.99 Å². The summed E-state index contributed by atoms with van der Waals surface area (Å²) in [4.78, 5) is 27.6. The highest BCUT2D eigenvalue weighted by Crippen LogP contribution is 2.24. The highest BCUT2D eigenvalue weighted by molar-refractivity contribution is 6.19. The Kier molecular flexibility index (Phi) is 3.53. The fourth-order valence-electron chi connectivity index (χ4n) is 2.11. The number of fused-ring (bicyclic) bond motifs is 1. The lowest BCUT2D eigenvalue weighted by Gasteiger charge is -2.09. The molecule has 0 saturated heterocycles. The van der Waals surface area contributed by atoms with Crippen LogP contribution in [0.25, 0.3) is 0 Å². The van der Waals surface area contributed by atoms with Gasteiger partial charge in [-0.2, -0.15) is 4.99 Å². The number of ether oxygens (including phenoxy) is 2. The molecule has 0 aromatic heterocycles. The van der Waals surface area contributed by atoms with Gasteiger partial charge in [0.15, 0.2) is 0 Å². The quantitative estimate of drug-likeness (QED) is 0.644. The van der Waals surface area contributed by atoms with Crippen molar-refractivity contribution in [1.29, 1.82) is 0 Å². The van der Waals surface area contributed by atoms with Crippen molar-refractivity contribution >= 4 is 17.8 Å². The van der Waals surface area contributed by atoms with Gasteiger partial charge in [0.25, 0.3) is 5.91 Å². The lowest BCUT2D eigenvalue weighted by Crippen LogP contribution is -2.11. The van der Waals surface area contributed by atoms with Crippen LogP contribution in [-0.4, -0.2) is 17.8 Å². The van der Waals surface area contributed by atoms with Crippen molar-refractivity contribution in [1.82, 2.24) is 0 Å². The minimum absolute atomic E-state index is 0.166. The second-order valence-electron chi connectivity index (χ2n) is 4.44. The average Bonchev–Trinajstić information content (AvgIpc) is 2.85. The Balaban J connectivity index is 1.95. The number of rotatable bonds is 3. The van der Waals surface area contributed by atoms with Crippen molar-refractivity contribution in [2.45, 2.75) is 0 Å². The number of amides is 1. The van der Waals surface area contributed by atoms with Gasteiger partial charge >= 0.3 is 5.97 Å². The second kappa shape index (κ2) is 5.65. The number of carbonyl (C=O) groups is 2. The summed E-state index contributed by atoms with van der Waals surface area (Å²) in [6.07, 6.45) is 1.05. The number of para-hydroxylation sites is 1. The molecular formula is C17H11NO4. The van der Waals surface area contributed by atoms with Crippen LogP contribution in [0.1, 0.15) is 26.3 Å². The molecule has 108 valence electrons. The first-order valence-corrected chi connectivity index (χ1v) is 6.52. The van der Waals surface area contributed by atoms with Gasteiger partial charge in [0, 0.05) is 0 Å². The largest absolute Gasteiger partial charge is 0.437 e. The van der Waals surface area contributed by atoms with Crippen LogP contribution >= 0.6 is 0 Å².